The minimum Gasteiger partial charge on any atom is -0.377 e. The van der Waals surface area contributed by atoms with Crippen molar-refractivity contribution in [3.05, 3.63) is 0 Å². The lowest BCUT2D eigenvalue weighted by Gasteiger charge is -2.72. The quantitative estimate of drug-likeness (QED) is 0.391. The van der Waals surface area contributed by atoms with Gasteiger partial charge in [-0.05, 0) is 109 Å². The van der Waals surface area contributed by atoms with Crippen molar-refractivity contribution >= 4 is 5.78 Å². The SMILES string of the molecule is CC1(C)CC[C@@]23CC[C@]4(C)[C@H](CC[C@@H]5[C@@]6(C)CCC(=O)C(C)(C)[C@@H]6CC[C@]54C)[C@H]2[C@H]1OC3. The van der Waals surface area contributed by atoms with Crippen molar-refractivity contribution in [1.82, 2.24) is 0 Å². The first-order valence-corrected chi connectivity index (χ1v) is 14.0. The Kier molecular flexibility index (Phi) is 4.31. The van der Waals surface area contributed by atoms with Gasteiger partial charge in [0, 0.05) is 11.8 Å². The fraction of sp³-hybridized carbons (Fsp3) is 0.967. The average Bonchev–Trinajstić information content (AvgIpc) is 3.05. The van der Waals surface area contributed by atoms with E-state index in [0.29, 0.717) is 44.9 Å². The molecule has 0 amide bonds. The average molecular weight is 441 g/mol. The molecule has 0 N–H and O–H groups in total. The van der Waals surface area contributed by atoms with Crippen LogP contribution in [0.25, 0.3) is 0 Å². The van der Waals surface area contributed by atoms with Gasteiger partial charge in [0.15, 0.2) is 0 Å². The summed E-state index contributed by atoms with van der Waals surface area (Å²) in [5.41, 5.74) is 1.83. The highest BCUT2D eigenvalue weighted by Crippen LogP contribution is 2.77. The molecule has 2 heteroatoms. The van der Waals surface area contributed by atoms with Gasteiger partial charge in [-0.15, -0.1) is 0 Å². The predicted octanol–water partition coefficient (Wildman–Crippen LogP) is 7.45. The molecule has 0 aromatic heterocycles. The first-order valence-electron chi connectivity index (χ1n) is 14.0. The van der Waals surface area contributed by atoms with E-state index < -0.39 is 0 Å². The molecule has 5 saturated carbocycles. The third-order valence-corrected chi connectivity index (χ3v) is 13.9. The summed E-state index contributed by atoms with van der Waals surface area (Å²) >= 11 is 0. The minimum absolute atomic E-state index is 0.136. The van der Waals surface area contributed by atoms with E-state index in [0.717, 1.165) is 37.2 Å². The smallest absolute Gasteiger partial charge is 0.138 e. The van der Waals surface area contributed by atoms with Crippen LogP contribution in [0.5, 0.6) is 0 Å². The van der Waals surface area contributed by atoms with Crippen molar-refractivity contribution in [2.75, 3.05) is 6.61 Å². The van der Waals surface area contributed by atoms with Gasteiger partial charge < -0.3 is 4.74 Å². The zero-order valence-corrected chi connectivity index (χ0v) is 22.0. The van der Waals surface area contributed by atoms with Crippen LogP contribution in [-0.2, 0) is 9.53 Å². The second kappa shape index (κ2) is 6.24. The van der Waals surface area contributed by atoms with Crippen LogP contribution < -0.4 is 0 Å². The maximum absolute atomic E-state index is 12.9. The molecule has 0 aromatic carbocycles. The zero-order valence-electron chi connectivity index (χ0n) is 22.0. The van der Waals surface area contributed by atoms with Gasteiger partial charge in [-0.1, -0.05) is 48.5 Å². The summed E-state index contributed by atoms with van der Waals surface area (Å²) < 4.78 is 6.70. The van der Waals surface area contributed by atoms with Gasteiger partial charge in [0.1, 0.15) is 5.78 Å². The summed E-state index contributed by atoms with van der Waals surface area (Å²) in [5, 5.41) is 0. The molecule has 0 unspecified atom stereocenters. The number of Topliss-reactive ketones (excluding diaryl/α,β-unsaturated/α-hetero) is 1. The Hall–Kier alpha value is -0.370. The maximum atomic E-state index is 12.9. The summed E-state index contributed by atoms with van der Waals surface area (Å²) in [6.07, 6.45) is 13.3. The lowest BCUT2D eigenvalue weighted by Crippen LogP contribution is -2.67. The Morgan fingerprint density at radius 3 is 2.22 bits per heavy atom. The summed E-state index contributed by atoms with van der Waals surface area (Å²) in [7, 11) is 0. The number of carbonyl (C=O) groups excluding carboxylic acids is 1. The number of hydrogen-bond donors (Lipinski definition) is 0. The molecule has 0 radical (unpaired) electrons. The highest BCUT2D eigenvalue weighted by atomic mass is 16.5. The van der Waals surface area contributed by atoms with Gasteiger partial charge in [-0.3, -0.25) is 4.79 Å². The molecule has 5 aliphatic carbocycles. The summed E-state index contributed by atoms with van der Waals surface area (Å²) in [6, 6.07) is 0. The molecule has 1 aliphatic heterocycles. The van der Waals surface area contributed by atoms with Crippen LogP contribution in [0, 0.1) is 56.2 Å². The van der Waals surface area contributed by atoms with E-state index >= 15 is 0 Å². The Bertz CT molecular complexity index is 842. The van der Waals surface area contributed by atoms with Gasteiger partial charge in [-0.2, -0.15) is 0 Å². The van der Waals surface area contributed by atoms with Gasteiger partial charge in [-0.25, -0.2) is 0 Å². The molecule has 1 heterocycles. The Morgan fingerprint density at radius 1 is 0.750 bits per heavy atom. The van der Waals surface area contributed by atoms with Gasteiger partial charge in [0.05, 0.1) is 12.7 Å². The van der Waals surface area contributed by atoms with Crippen molar-refractivity contribution in [3.63, 3.8) is 0 Å². The van der Waals surface area contributed by atoms with E-state index in [-0.39, 0.29) is 5.41 Å². The molecule has 1 saturated heterocycles. The molecule has 180 valence electrons. The molecule has 9 atom stereocenters. The highest BCUT2D eigenvalue weighted by molar-refractivity contribution is 5.85. The molecule has 32 heavy (non-hydrogen) atoms. The van der Waals surface area contributed by atoms with E-state index in [2.05, 4.69) is 48.5 Å². The van der Waals surface area contributed by atoms with Crippen molar-refractivity contribution in [2.45, 2.75) is 119 Å². The standard InChI is InChI=1S/C30H48O2/c1-25(2)14-16-30-17-15-28(6)19(23(30)24(25)32-18-30)8-9-21-27(5)12-11-22(31)26(3,4)20(27)10-13-29(21,28)7/h19-21,23-24H,8-18H2,1-7H3/t19-,20+,21-,23+,24-,27+,28-,29-,30+/m1/s1. The summed E-state index contributed by atoms with van der Waals surface area (Å²) in [6.45, 7) is 18.6. The van der Waals surface area contributed by atoms with Crippen molar-refractivity contribution in [2.24, 2.45) is 56.2 Å². The first kappa shape index (κ1) is 22.1. The first-order chi connectivity index (χ1) is 14.8. The van der Waals surface area contributed by atoms with Crippen LogP contribution in [0.1, 0.15) is 113 Å². The molecule has 6 aliphatic rings. The van der Waals surface area contributed by atoms with Crippen molar-refractivity contribution in [1.29, 1.82) is 0 Å². The number of hydrogen-bond acceptors (Lipinski definition) is 2. The molecule has 0 spiro atoms. The van der Waals surface area contributed by atoms with Gasteiger partial charge in [0.25, 0.3) is 0 Å². The molecule has 6 fully saturated rings. The monoisotopic (exact) mass is 440 g/mol. The van der Waals surface area contributed by atoms with Crippen LogP contribution in [0.15, 0.2) is 0 Å². The van der Waals surface area contributed by atoms with E-state index in [4.69, 9.17) is 4.74 Å². The number of fused-ring (bicyclic) bond motifs is 5. The molecule has 0 aromatic rings. The fourth-order valence-corrected chi connectivity index (χ4v) is 11.8. The minimum atomic E-state index is -0.136. The van der Waals surface area contributed by atoms with Crippen LogP contribution in [0.3, 0.4) is 0 Å². The van der Waals surface area contributed by atoms with Crippen LogP contribution >= 0.6 is 0 Å². The summed E-state index contributed by atoms with van der Waals surface area (Å²) in [4.78, 5) is 12.9. The number of ketones is 1. The summed E-state index contributed by atoms with van der Waals surface area (Å²) in [5.74, 6) is 3.46. The van der Waals surface area contributed by atoms with Crippen LogP contribution in [0.2, 0.25) is 0 Å². The molecule has 2 nitrogen and oxygen atoms in total. The topological polar surface area (TPSA) is 26.3 Å². The van der Waals surface area contributed by atoms with E-state index in [1.54, 1.807) is 0 Å². The largest absolute Gasteiger partial charge is 0.377 e. The lowest BCUT2D eigenvalue weighted by atomic mass is 9.31. The Labute approximate surface area is 197 Å². The zero-order chi connectivity index (χ0) is 22.9. The fourth-order valence-electron chi connectivity index (χ4n) is 11.8. The van der Waals surface area contributed by atoms with Gasteiger partial charge in [0.2, 0.25) is 0 Å². The third-order valence-electron chi connectivity index (χ3n) is 13.9. The second-order valence-corrected chi connectivity index (χ2v) is 15.4. The highest BCUT2D eigenvalue weighted by Gasteiger charge is 2.72. The third kappa shape index (κ3) is 2.35. The predicted molar refractivity (Wildman–Crippen MR) is 129 cm³/mol. The van der Waals surface area contributed by atoms with E-state index in [1.165, 1.54) is 51.4 Å². The number of carbonyl (C=O) groups is 1. The molecule has 6 rings (SSSR count). The van der Waals surface area contributed by atoms with Gasteiger partial charge >= 0.3 is 0 Å². The molecular formula is C30H48O2. The molecule has 2 bridgehead atoms. The molecular weight excluding hydrogens is 392 g/mol. The Balaban J connectivity index is 1.40. The lowest BCUT2D eigenvalue weighted by molar-refractivity contribution is -0.239. The van der Waals surface area contributed by atoms with Crippen LogP contribution in [0.4, 0.5) is 0 Å². The van der Waals surface area contributed by atoms with E-state index in [9.17, 15) is 4.79 Å². The Morgan fingerprint density at radius 2 is 1.47 bits per heavy atom. The van der Waals surface area contributed by atoms with Crippen molar-refractivity contribution < 1.29 is 9.53 Å². The number of ether oxygens (including phenoxy) is 1. The maximum Gasteiger partial charge on any atom is 0.138 e. The van der Waals surface area contributed by atoms with Crippen molar-refractivity contribution in [3.8, 4) is 0 Å². The second-order valence-electron chi connectivity index (χ2n) is 15.4. The normalized spacial score (nSPS) is 57.7. The number of rotatable bonds is 0. The van der Waals surface area contributed by atoms with E-state index in [1.807, 2.05) is 0 Å². The van der Waals surface area contributed by atoms with Crippen LogP contribution in [-0.4, -0.2) is 18.5 Å².